The highest BCUT2D eigenvalue weighted by molar-refractivity contribution is 7.09. The fourth-order valence-electron chi connectivity index (χ4n) is 2.32. The van der Waals surface area contributed by atoms with E-state index in [1.165, 1.54) is 10.7 Å². The van der Waals surface area contributed by atoms with Crippen molar-refractivity contribution in [2.24, 2.45) is 5.92 Å². The molecule has 0 bridgehead atoms. The van der Waals surface area contributed by atoms with Crippen LogP contribution in [-0.4, -0.2) is 11.5 Å². The minimum atomic E-state index is 0.0122. The lowest BCUT2D eigenvalue weighted by molar-refractivity contribution is 0.296. The Bertz CT molecular complexity index is 390. The van der Waals surface area contributed by atoms with Gasteiger partial charge in [0.05, 0.1) is 11.2 Å². The molecule has 0 aliphatic carbocycles. The maximum absolute atomic E-state index is 4.92. The van der Waals surface area contributed by atoms with Crippen LogP contribution in [0.15, 0.2) is 5.38 Å². The standard InChI is InChI=1S/C16H30N2S/c1-8-9-17-16(7,10-12(2)3)14-18-13(11-19-14)15(4,5)6/h11-12,17H,8-10H2,1-7H3. The van der Waals surface area contributed by atoms with Gasteiger partial charge in [0.2, 0.25) is 0 Å². The first-order valence-corrected chi connectivity index (χ1v) is 8.28. The van der Waals surface area contributed by atoms with Gasteiger partial charge in [-0.15, -0.1) is 11.3 Å². The molecule has 0 saturated heterocycles. The molecule has 1 aromatic heterocycles. The highest BCUT2D eigenvalue weighted by Crippen LogP contribution is 2.33. The molecule has 19 heavy (non-hydrogen) atoms. The Morgan fingerprint density at radius 1 is 1.26 bits per heavy atom. The smallest absolute Gasteiger partial charge is 0.113 e. The fraction of sp³-hybridized carbons (Fsp3) is 0.812. The summed E-state index contributed by atoms with van der Waals surface area (Å²) in [6, 6.07) is 0. The Balaban J connectivity index is 3.00. The summed E-state index contributed by atoms with van der Waals surface area (Å²) in [5.41, 5.74) is 1.36. The lowest BCUT2D eigenvalue weighted by atomic mass is 9.90. The summed E-state index contributed by atoms with van der Waals surface area (Å²) < 4.78 is 0. The summed E-state index contributed by atoms with van der Waals surface area (Å²) in [5.74, 6) is 0.663. The highest BCUT2D eigenvalue weighted by Gasteiger charge is 2.31. The molecule has 110 valence electrons. The van der Waals surface area contributed by atoms with Crippen molar-refractivity contribution in [3.63, 3.8) is 0 Å². The summed E-state index contributed by atoms with van der Waals surface area (Å²) in [6.07, 6.45) is 2.29. The zero-order chi connectivity index (χ0) is 14.7. The van der Waals surface area contributed by atoms with E-state index >= 15 is 0 Å². The van der Waals surface area contributed by atoms with Crippen molar-refractivity contribution >= 4 is 11.3 Å². The molecule has 2 nitrogen and oxygen atoms in total. The normalized spacial score (nSPS) is 15.8. The maximum Gasteiger partial charge on any atom is 0.113 e. The summed E-state index contributed by atoms with van der Waals surface area (Å²) in [4.78, 5) is 4.92. The van der Waals surface area contributed by atoms with Crippen LogP contribution in [0.2, 0.25) is 0 Å². The summed E-state index contributed by atoms with van der Waals surface area (Å²) in [7, 11) is 0. The number of rotatable bonds is 6. The van der Waals surface area contributed by atoms with Crippen molar-refractivity contribution in [1.82, 2.24) is 10.3 Å². The lowest BCUT2D eigenvalue weighted by Gasteiger charge is -2.31. The number of nitrogens with zero attached hydrogens (tertiary/aromatic N) is 1. The molecule has 3 heteroatoms. The van der Waals surface area contributed by atoms with E-state index in [1.807, 2.05) is 0 Å². The molecular weight excluding hydrogens is 252 g/mol. The van der Waals surface area contributed by atoms with Crippen molar-refractivity contribution in [3.05, 3.63) is 16.1 Å². The number of thiazole rings is 1. The third kappa shape index (κ3) is 4.57. The van der Waals surface area contributed by atoms with Crippen LogP contribution >= 0.6 is 11.3 Å². The quantitative estimate of drug-likeness (QED) is 0.818. The van der Waals surface area contributed by atoms with Gasteiger partial charge in [-0.3, -0.25) is 0 Å². The fourth-order valence-corrected chi connectivity index (χ4v) is 3.52. The average molecular weight is 282 g/mol. The van der Waals surface area contributed by atoms with E-state index in [0.717, 1.165) is 19.4 Å². The number of aromatic nitrogens is 1. The van der Waals surface area contributed by atoms with Gasteiger partial charge in [-0.25, -0.2) is 4.98 Å². The molecule has 1 aromatic rings. The van der Waals surface area contributed by atoms with Gasteiger partial charge in [0.25, 0.3) is 0 Å². The molecular formula is C16H30N2S. The van der Waals surface area contributed by atoms with Gasteiger partial charge in [0.1, 0.15) is 5.01 Å². The average Bonchev–Trinajstić information content (AvgIpc) is 2.74. The Labute approximate surface area is 123 Å². The van der Waals surface area contributed by atoms with E-state index in [2.05, 4.69) is 59.2 Å². The third-order valence-electron chi connectivity index (χ3n) is 3.33. The first kappa shape index (κ1) is 16.6. The van der Waals surface area contributed by atoms with Crippen LogP contribution in [0.25, 0.3) is 0 Å². The maximum atomic E-state index is 4.92. The van der Waals surface area contributed by atoms with Crippen molar-refractivity contribution in [2.75, 3.05) is 6.54 Å². The van der Waals surface area contributed by atoms with Crippen molar-refractivity contribution < 1.29 is 0 Å². The molecule has 0 aliphatic rings. The predicted octanol–water partition coefficient (Wildman–Crippen LogP) is 4.70. The van der Waals surface area contributed by atoms with Crippen LogP contribution in [-0.2, 0) is 11.0 Å². The van der Waals surface area contributed by atoms with Gasteiger partial charge in [0, 0.05) is 10.8 Å². The zero-order valence-electron chi connectivity index (χ0n) is 13.6. The molecule has 0 saturated carbocycles. The van der Waals surface area contributed by atoms with Crippen LogP contribution in [0.1, 0.15) is 72.0 Å². The topological polar surface area (TPSA) is 24.9 Å². The summed E-state index contributed by atoms with van der Waals surface area (Å²) in [5, 5.41) is 7.17. The van der Waals surface area contributed by atoms with Crippen molar-refractivity contribution in [2.45, 2.75) is 72.3 Å². The van der Waals surface area contributed by atoms with Gasteiger partial charge < -0.3 is 5.32 Å². The molecule has 1 unspecified atom stereocenters. The summed E-state index contributed by atoms with van der Waals surface area (Å²) >= 11 is 1.80. The number of hydrogen-bond acceptors (Lipinski definition) is 3. The third-order valence-corrected chi connectivity index (χ3v) is 4.43. The molecule has 1 heterocycles. The Kier molecular flexibility index (Phi) is 5.57. The van der Waals surface area contributed by atoms with Gasteiger partial charge in [0.15, 0.2) is 0 Å². The van der Waals surface area contributed by atoms with Crippen molar-refractivity contribution in [1.29, 1.82) is 0 Å². The molecule has 1 atom stereocenters. The van der Waals surface area contributed by atoms with Crippen LogP contribution in [0.5, 0.6) is 0 Å². The molecule has 0 spiro atoms. The molecule has 0 aromatic carbocycles. The van der Waals surface area contributed by atoms with E-state index in [0.29, 0.717) is 5.92 Å². The van der Waals surface area contributed by atoms with Gasteiger partial charge in [-0.05, 0) is 32.2 Å². The molecule has 0 fully saturated rings. The van der Waals surface area contributed by atoms with Crippen LogP contribution in [0.3, 0.4) is 0 Å². The van der Waals surface area contributed by atoms with Crippen LogP contribution in [0.4, 0.5) is 0 Å². The largest absolute Gasteiger partial charge is 0.306 e. The van der Waals surface area contributed by atoms with E-state index in [9.17, 15) is 0 Å². The van der Waals surface area contributed by atoms with E-state index < -0.39 is 0 Å². The highest BCUT2D eigenvalue weighted by atomic mass is 32.1. The minimum Gasteiger partial charge on any atom is -0.306 e. The van der Waals surface area contributed by atoms with Crippen LogP contribution in [0, 0.1) is 5.92 Å². The monoisotopic (exact) mass is 282 g/mol. The first-order chi connectivity index (χ1) is 8.69. The second-order valence-electron chi connectivity index (χ2n) is 7.14. The van der Waals surface area contributed by atoms with E-state index in [1.54, 1.807) is 11.3 Å². The molecule has 1 rings (SSSR count). The summed E-state index contributed by atoms with van der Waals surface area (Å²) in [6.45, 7) is 16.8. The van der Waals surface area contributed by atoms with Gasteiger partial charge >= 0.3 is 0 Å². The second kappa shape index (κ2) is 6.36. The zero-order valence-corrected chi connectivity index (χ0v) is 14.4. The molecule has 0 amide bonds. The van der Waals surface area contributed by atoms with E-state index in [4.69, 9.17) is 4.98 Å². The molecule has 0 aliphatic heterocycles. The first-order valence-electron chi connectivity index (χ1n) is 7.40. The SMILES string of the molecule is CCCNC(C)(CC(C)C)c1nc(C(C)(C)C)cs1. The van der Waals surface area contributed by atoms with Gasteiger partial charge in [-0.2, -0.15) is 0 Å². The van der Waals surface area contributed by atoms with E-state index in [-0.39, 0.29) is 11.0 Å². The Morgan fingerprint density at radius 2 is 1.89 bits per heavy atom. The lowest BCUT2D eigenvalue weighted by Crippen LogP contribution is -2.41. The Hall–Kier alpha value is -0.410. The molecule has 0 radical (unpaired) electrons. The molecule has 1 N–H and O–H groups in total. The number of nitrogens with one attached hydrogen (secondary N) is 1. The minimum absolute atomic E-state index is 0.0122. The second-order valence-corrected chi connectivity index (χ2v) is 8.00. The predicted molar refractivity (Wildman–Crippen MR) is 85.9 cm³/mol. The number of hydrogen-bond donors (Lipinski definition) is 1. The Morgan fingerprint density at radius 3 is 2.32 bits per heavy atom. The van der Waals surface area contributed by atoms with Gasteiger partial charge in [-0.1, -0.05) is 41.5 Å². The van der Waals surface area contributed by atoms with Crippen LogP contribution < -0.4 is 5.32 Å². The van der Waals surface area contributed by atoms with Crippen molar-refractivity contribution in [3.8, 4) is 0 Å².